The Morgan fingerprint density at radius 2 is 2.16 bits per heavy atom. The first-order chi connectivity index (χ1) is 9.13. The van der Waals surface area contributed by atoms with Crippen molar-refractivity contribution in [3.05, 3.63) is 23.4 Å². The molecule has 0 radical (unpaired) electrons. The fraction of sp³-hybridized carbons (Fsp3) is 0.688. The predicted molar refractivity (Wildman–Crippen MR) is 85.7 cm³/mol. The second kappa shape index (κ2) is 8.42. The van der Waals surface area contributed by atoms with Gasteiger partial charge in [-0.2, -0.15) is 0 Å². The van der Waals surface area contributed by atoms with Crippen LogP contribution in [0.5, 0.6) is 0 Å². The molecule has 1 unspecified atom stereocenters. The molecule has 0 aromatic rings. The molecule has 0 bridgehead atoms. The number of rotatable bonds is 6. The SMILES string of the molecule is C=CN=C(/C(Cl)=C(\C)CCC)N1CCC(CCC)C1. The third kappa shape index (κ3) is 4.68. The van der Waals surface area contributed by atoms with Gasteiger partial charge in [0.2, 0.25) is 0 Å². The van der Waals surface area contributed by atoms with Crippen molar-refractivity contribution in [3.63, 3.8) is 0 Å². The van der Waals surface area contributed by atoms with Crippen molar-refractivity contribution in [1.29, 1.82) is 0 Å². The van der Waals surface area contributed by atoms with Crippen molar-refractivity contribution in [3.8, 4) is 0 Å². The molecule has 0 spiro atoms. The Hall–Kier alpha value is -0.760. The molecule has 0 amide bonds. The highest BCUT2D eigenvalue weighted by molar-refractivity contribution is 6.43. The molecule has 1 heterocycles. The summed E-state index contributed by atoms with van der Waals surface area (Å²) >= 11 is 6.52. The van der Waals surface area contributed by atoms with Gasteiger partial charge < -0.3 is 4.90 Å². The lowest BCUT2D eigenvalue weighted by molar-refractivity contribution is 0.459. The number of aliphatic imine (C=N–C) groups is 1. The Morgan fingerprint density at radius 3 is 2.74 bits per heavy atom. The third-order valence-corrected chi connectivity index (χ3v) is 4.18. The van der Waals surface area contributed by atoms with Gasteiger partial charge in [0.15, 0.2) is 0 Å². The van der Waals surface area contributed by atoms with Crippen LogP contribution in [0.4, 0.5) is 0 Å². The first kappa shape index (κ1) is 16.3. The average molecular weight is 283 g/mol. The predicted octanol–water partition coefficient (Wildman–Crippen LogP) is 4.96. The summed E-state index contributed by atoms with van der Waals surface area (Å²) in [6.45, 7) is 12.4. The Balaban J connectivity index is 2.83. The minimum atomic E-state index is 0.788. The number of allylic oxidation sites excluding steroid dienone is 1. The highest BCUT2D eigenvalue weighted by Crippen LogP contribution is 2.26. The third-order valence-electron chi connectivity index (χ3n) is 3.69. The number of hydrogen-bond donors (Lipinski definition) is 0. The molecule has 0 N–H and O–H groups in total. The Kier molecular flexibility index (Phi) is 7.22. The van der Waals surface area contributed by atoms with E-state index in [0.29, 0.717) is 0 Å². The quantitative estimate of drug-likeness (QED) is 0.496. The molecule has 3 heteroatoms. The molecule has 1 saturated heterocycles. The van der Waals surface area contributed by atoms with E-state index in [0.717, 1.165) is 42.7 Å². The minimum absolute atomic E-state index is 0.788. The molecule has 1 aliphatic heterocycles. The Bertz CT molecular complexity index is 358. The lowest BCUT2D eigenvalue weighted by Gasteiger charge is -2.21. The molecule has 19 heavy (non-hydrogen) atoms. The van der Waals surface area contributed by atoms with Crippen LogP contribution in [0.2, 0.25) is 0 Å². The standard InChI is InChI=1S/C16H27ClN2/c1-5-8-13(4)15(17)16(18-7-3)19-11-10-14(12-19)9-6-2/h7,14H,3,5-6,8-12H2,1-2,4H3/b15-13-,18-16?. The fourth-order valence-electron chi connectivity index (χ4n) is 2.71. The highest BCUT2D eigenvalue weighted by Gasteiger charge is 2.26. The summed E-state index contributed by atoms with van der Waals surface area (Å²) in [7, 11) is 0. The first-order valence-electron chi connectivity index (χ1n) is 7.43. The normalized spacial score (nSPS) is 21.6. The average Bonchev–Trinajstić information content (AvgIpc) is 2.84. The maximum Gasteiger partial charge on any atom is 0.147 e. The molecule has 1 aliphatic rings. The van der Waals surface area contributed by atoms with Gasteiger partial charge in [0.05, 0.1) is 5.03 Å². The van der Waals surface area contributed by atoms with E-state index >= 15 is 0 Å². The Labute approximate surface area is 123 Å². The van der Waals surface area contributed by atoms with E-state index in [4.69, 9.17) is 11.6 Å². The smallest absolute Gasteiger partial charge is 0.147 e. The second-order valence-corrected chi connectivity index (χ2v) is 5.75. The summed E-state index contributed by atoms with van der Waals surface area (Å²) in [4.78, 5) is 6.74. The van der Waals surface area contributed by atoms with Crippen molar-refractivity contribution in [1.82, 2.24) is 4.90 Å². The minimum Gasteiger partial charge on any atom is -0.355 e. The Morgan fingerprint density at radius 1 is 1.42 bits per heavy atom. The summed E-state index contributed by atoms with van der Waals surface area (Å²) in [6, 6.07) is 0. The summed E-state index contributed by atoms with van der Waals surface area (Å²) in [5, 5.41) is 0.818. The van der Waals surface area contributed by atoms with Gasteiger partial charge >= 0.3 is 0 Å². The van der Waals surface area contributed by atoms with Gasteiger partial charge in [0, 0.05) is 19.3 Å². The van der Waals surface area contributed by atoms with E-state index in [1.165, 1.54) is 24.8 Å². The monoisotopic (exact) mass is 282 g/mol. The first-order valence-corrected chi connectivity index (χ1v) is 7.81. The summed E-state index contributed by atoms with van der Waals surface area (Å²) in [5.74, 6) is 1.71. The molecule has 2 nitrogen and oxygen atoms in total. The number of hydrogen-bond acceptors (Lipinski definition) is 1. The zero-order chi connectivity index (χ0) is 14.3. The number of likely N-dealkylation sites (tertiary alicyclic amines) is 1. The van der Waals surface area contributed by atoms with Crippen LogP contribution in [-0.2, 0) is 0 Å². The van der Waals surface area contributed by atoms with Crippen LogP contribution in [0.3, 0.4) is 0 Å². The van der Waals surface area contributed by atoms with Crippen molar-refractivity contribution in [2.24, 2.45) is 10.9 Å². The van der Waals surface area contributed by atoms with Crippen molar-refractivity contribution >= 4 is 17.4 Å². The van der Waals surface area contributed by atoms with E-state index in [-0.39, 0.29) is 0 Å². The summed E-state index contributed by atoms with van der Waals surface area (Å²) < 4.78 is 0. The van der Waals surface area contributed by atoms with Crippen LogP contribution in [0.15, 0.2) is 28.4 Å². The van der Waals surface area contributed by atoms with Gasteiger partial charge in [-0.25, -0.2) is 4.99 Å². The molecular weight excluding hydrogens is 256 g/mol. The summed E-state index contributed by atoms with van der Waals surface area (Å²) in [5.41, 5.74) is 1.23. The molecule has 1 rings (SSSR count). The van der Waals surface area contributed by atoms with Crippen LogP contribution in [-0.4, -0.2) is 23.8 Å². The van der Waals surface area contributed by atoms with Gasteiger partial charge in [-0.15, -0.1) is 0 Å². The molecule has 1 fully saturated rings. The van der Waals surface area contributed by atoms with Crippen LogP contribution in [0, 0.1) is 5.92 Å². The van der Waals surface area contributed by atoms with Gasteiger partial charge in [-0.05, 0) is 32.1 Å². The lowest BCUT2D eigenvalue weighted by Crippen LogP contribution is -2.29. The topological polar surface area (TPSA) is 15.6 Å². The van der Waals surface area contributed by atoms with E-state index in [1.807, 2.05) is 0 Å². The van der Waals surface area contributed by atoms with Crippen LogP contribution in [0.25, 0.3) is 0 Å². The number of halogens is 1. The van der Waals surface area contributed by atoms with E-state index < -0.39 is 0 Å². The maximum absolute atomic E-state index is 6.52. The molecule has 0 aromatic heterocycles. The largest absolute Gasteiger partial charge is 0.355 e. The van der Waals surface area contributed by atoms with Crippen LogP contribution in [0.1, 0.15) is 52.9 Å². The van der Waals surface area contributed by atoms with Crippen molar-refractivity contribution < 1.29 is 0 Å². The zero-order valence-electron chi connectivity index (χ0n) is 12.6. The highest BCUT2D eigenvalue weighted by atomic mass is 35.5. The van der Waals surface area contributed by atoms with Crippen molar-refractivity contribution in [2.75, 3.05) is 13.1 Å². The molecule has 0 aliphatic carbocycles. The molecular formula is C16H27ClN2. The molecule has 0 aromatic carbocycles. The molecule has 108 valence electrons. The number of nitrogens with zero attached hydrogens (tertiary/aromatic N) is 2. The van der Waals surface area contributed by atoms with Gasteiger partial charge in [-0.1, -0.05) is 50.4 Å². The van der Waals surface area contributed by atoms with Crippen LogP contribution >= 0.6 is 11.6 Å². The maximum atomic E-state index is 6.52. The van der Waals surface area contributed by atoms with Gasteiger partial charge in [-0.3, -0.25) is 0 Å². The molecule has 1 atom stereocenters. The zero-order valence-corrected chi connectivity index (χ0v) is 13.3. The van der Waals surface area contributed by atoms with Crippen LogP contribution < -0.4 is 0 Å². The van der Waals surface area contributed by atoms with E-state index in [1.54, 1.807) is 6.20 Å². The van der Waals surface area contributed by atoms with Gasteiger partial charge in [0.25, 0.3) is 0 Å². The summed E-state index contributed by atoms with van der Waals surface area (Å²) in [6.07, 6.45) is 7.55. The number of amidine groups is 1. The van der Waals surface area contributed by atoms with E-state index in [9.17, 15) is 0 Å². The fourth-order valence-corrected chi connectivity index (χ4v) is 2.97. The van der Waals surface area contributed by atoms with E-state index in [2.05, 4.69) is 37.2 Å². The van der Waals surface area contributed by atoms with Crippen molar-refractivity contribution in [2.45, 2.75) is 52.9 Å². The molecule has 0 saturated carbocycles. The van der Waals surface area contributed by atoms with Gasteiger partial charge in [0.1, 0.15) is 5.84 Å². The second-order valence-electron chi connectivity index (χ2n) is 5.37. The lowest BCUT2D eigenvalue weighted by atomic mass is 10.0.